The number of nitrogens with one attached hydrogen (secondary N) is 2. The molecule has 0 saturated carbocycles. The molecule has 0 aliphatic carbocycles. The van der Waals surface area contributed by atoms with Crippen LogP contribution in [0.25, 0.3) is 0 Å². The lowest BCUT2D eigenvalue weighted by molar-refractivity contribution is -0.139. The van der Waals surface area contributed by atoms with Crippen LogP contribution in [0.1, 0.15) is 36.6 Å². The first-order valence-electron chi connectivity index (χ1n) is 6.94. The van der Waals surface area contributed by atoms with E-state index in [-0.39, 0.29) is 0 Å². The van der Waals surface area contributed by atoms with Gasteiger partial charge in [0.1, 0.15) is 0 Å². The Kier molecular flexibility index (Phi) is 8.93. The minimum absolute atomic E-state index is 0.431. The first-order chi connectivity index (χ1) is 10.1. The van der Waals surface area contributed by atoms with Crippen LogP contribution >= 0.6 is 23.1 Å². The summed E-state index contributed by atoms with van der Waals surface area (Å²) in [4.78, 5) is 23.5. The van der Waals surface area contributed by atoms with Crippen molar-refractivity contribution in [1.82, 2.24) is 10.6 Å². The topological polar surface area (TPSA) is 78.4 Å². The maximum Gasteiger partial charge on any atom is 0.331 e. The number of thiophene rings is 1. The van der Waals surface area contributed by atoms with Crippen LogP contribution in [-0.4, -0.2) is 35.7 Å². The molecular formula is C14H22N2O3S2. The van der Waals surface area contributed by atoms with E-state index in [1.807, 2.05) is 11.8 Å². The SMILES string of the molecule is CSCCCCCCNC(=O)NC(C(=O)O)c1cccs1. The first-order valence-corrected chi connectivity index (χ1v) is 9.22. The molecule has 0 saturated heterocycles. The van der Waals surface area contributed by atoms with Crippen LogP contribution in [0.2, 0.25) is 0 Å². The van der Waals surface area contributed by atoms with E-state index in [4.69, 9.17) is 5.11 Å². The second-order valence-corrected chi connectivity index (χ2v) is 6.56. The summed E-state index contributed by atoms with van der Waals surface area (Å²) in [6, 6.07) is 2.06. The van der Waals surface area contributed by atoms with Crippen LogP contribution < -0.4 is 10.6 Å². The Labute approximate surface area is 133 Å². The van der Waals surface area contributed by atoms with E-state index < -0.39 is 18.0 Å². The molecule has 0 bridgehead atoms. The van der Waals surface area contributed by atoms with Gasteiger partial charge in [-0.2, -0.15) is 11.8 Å². The zero-order valence-corrected chi connectivity index (χ0v) is 13.8. The summed E-state index contributed by atoms with van der Waals surface area (Å²) in [6.07, 6.45) is 6.45. The predicted octanol–water partition coefficient (Wildman–Crippen LogP) is 3.10. The van der Waals surface area contributed by atoms with Crippen molar-refractivity contribution in [2.45, 2.75) is 31.7 Å². The Morgan fingerprint density at radius 2 is 2.10 bits per heavy atom. The Hall–Kier alpha value is -1.21. The average Bonchev–Trinajstić information content (AvgIpc) is 2.97. The van der Waals surface area contributed by atoms with Gasteiger partial charge in [-0.1, -0.05) is 18.9 Å². The highest BCUT2D eigenvalue weighted by atomic mass is 32.2. The van der Waals surface area contributed by atoms with E-state index in [1.54, 1.807) is 17.5 Å². The van der Waals surface area contributed by atoms with Gasteiger partial charge >= 0.3 is 12.0 Å². The molecule has 1 aromatic rings. The van der Waals surface area contributed by atoms with Crippen molar-refractivity contribution in [3.8, 4) is 0 Å². The number of carboxylic acids is 1. The van der Waals surface area contributed by atoms with Crippen LogP contribution in [-0.2, 0) is 4.79 Å². The zero-order chi connectivity index (χ0) is 15.5. The molecule has 0 aliphatic rings. The van der Waals surface area contributed by atoms with Gasteiger partial charge in [-0.3, -0.25) is 0 Å². The molecule has 1 atom stereocenters. The lowest BCUT2D eigenvalue weighted by Crippen LogP contribution is -2.40. The van der Waals surface area contributed by atoms with E-state index in [2.05, 4.69) is 16.9 Å². The lowest BCUT2D eigenvalue weighted by Gasteiger charge is -2.13. The van der Waals surface area contributed by atoms with Crippen molar-refractivity contribution < 1.29 is 14.7 Å². The summed E-state index contributed by atoms with van der Waals surface area (Å²) in [6.45, 7) is 0.571. The molecule has 1 aromatic heterocycles. The molecule has 0 spiro atoms. The van der Waals surface area contributed by atoms with E-state index in [0.717, 1.165) is 19.3 Å². The van der Waals surface area contributed by atoms with E-state index in [9.17, 15) is 9.59 Å². The average molecular weight is 330 g/mol. The molecule has 21 heavy (non-hydrogen) atoms. The molecule has 3 N–H and O–H groups in total. The Morgan fingerprint density at radius 1 is 1.33 bits per heavy atom. The standard InChI is InChI=1S/C14H22N2O3S2/c1-20-9-5-3-2-4-8-15-14(19)16-12(13(17)18)11-7-6-10-21-11/h6-7,10,12H,2-5,8-9H2,1H3,(H,17,18)(H2,15,16,19). The first kappa shape index (κ1) is 17.8. The van der Waals surface area contributed by atoms with Crippen LogP contribution in [0.5, 0.6) is 0 Å². The fraction of sp³-hybridized carbons (Fsp3) is 0.571. The highest BCUT2D eigenvalue weighted by Crippen LogP contribution is 2.18. The molecule has 1 rings (SSSR count). The maximum atomic E-state index is 11.7. The third kappa shape index (κ3) is 7.38. The van der Waals surface area contributed by atoms with Crippen molar-refractivity contribution in [1.29, 1.82) is 0 Å². The van der Waals surface area contributed by atoms with Crippen molar-refractivity contribution in [3.63, 3.8) is 0 Å². The number of hydrogen-bond donors (Lipinski definition) is 3. The smallest absolute Gasteiger partial charge is 0.331 e. The molecule has 7 heteroatoms. The van der Waals surface area contributed by atoms with Gasteiger partial charge in [-0.15, -0.1) is 11.3 Å². The van der Waals surface area contributed by atoms with Gasteiger partial charge in [0.15, 0.2) is 6.04 Å². The van der Waals surface area contributed by atoms with Crippen molar-refractivity contribution >= 4 is 35.1 Å². The molecule has 1 heterocycles. The summed E-state index contributed by atoms with van der Waals surface area (Å²) >= 11 is 3.16. The van der Waals surface area contributed by atoms with E-state index in [1.165, 1.54) is 23.5 Å². The number of unbranched alkanes of at least 4 members (excludes halogenated alkanes) is 3. The van der Waals surface area contributed by atoms with Gasteiger partial charge < -0.3 is 15.7 Å². The second-order valence-electron chi connectivity index (χ2n) is 4.59. The van der Waals surface area contributed by atoms with Crippen molar-refractivity contribution in [3.05, 3.63) is 22.4 Å². The molecule has 0 radical (unpaired) electrons. The number of carbonyl (C=O) groups excluding carboxylic acids is 1. The minimum Gasteiger partial charge on any atom is -0.479 e. The molecule has 0 aliphatic heterocycles. The summed E-state index contributed by atoms with van der Waals surface area (Å²) < 4.78 is 0. The molecule has 5 nitrogen and oxygen atoms in total. The van der Waals surface area contributed by atoms with Gasteiger partial charge in [0.2, 0.25) is 0 Å². The van der Waals surface area contributed by atoms with Crippen molar-refractivity contribution in [2.75, 3.05) is 18.6 Å². The lowest BCUT2D eigenvalue weighted by atomic mass is 10.2. The summed E-state index contributed by atoms with van der Waals surface area (Å²) in [5, 5.41) is 16.1. The summed E-state index contributed by atoms with van der Waals surface area (Å²) in [5.74, 6) is 0.124. The van der Waals surface area contributed by atoms with Gasteiger partial charge in [0.25, 0.3) is 0 Å². The molecular weight excluding hydrogens is 308 g/mol. The number of hydrogen-bond acceptors (Lipinski definition) is 4. The van der Waals surface area contributed by atoms with Gasteiger partial charge in [0, 0.05) is 11.4 Å². The minimum atomic E-state index is -1.05. The van der Waals surface area contributed by atoms with Crippen LogP contribution in [0.15, 0.2) is 17.5 Å². The van der Waals surface area contributed by atoms with Gasteiger partial charge in [0.05, 0.1) is 0 Å². The number of thioether (sulfide) groups is 1. The third-order valence-corrected chi connectivity index (χ3v) is 4.54. The largest absolute Gasteiger partial charge is 0.479 e. The van der Waals surface area contributed by atoms with Crippen LogP contribution in [0.3, 0.4) is 0 Å². The quantitative estimate of drug-likeness (QED) is 0.576. The Balaban J connectivity index is 2.21. The second kappa shape index (κ2) is 10.5. The fourth-order valence-corrected chi connectivity index (χ4v) is 3.08. The third-order valence-electron chi connectivity index (χ3n) is 2.91. The number of rotatable bonds is 10. The predicted molar refractivity (Wildman–Crippen MR) is 88.1 cm³/mol. The van der Waals surface area contributed by atoms with Gasteiger partial charge in [-0.05, 0) is 36.3 Å². The van der Waals surface area contributed by atoms with Crippen LogP contribution in [0, 0.1) is 0 Å². The highest BCUT2D eigenvalue weighted by Gasteiger charge is 2.22. The van der Waals surface area contributed by atoms with E-state index >= 15 is 0 Å². The number of carboxylic acid groups (broad SMARTS) is 1. The molecule has 0 fully saturated rings. The number of urea groups is 1. The number of aliphatic carboxylic acids is 1. The van der Waals surface area contributed by atoms with Crippen LogP contribution in [0.4, 0.5) is 4.79 Å². The summed E-state index contributed by atoms with van der Waals surface area (Å²) in [7, 11) is 0. The molecule has 1 unspecified atom stereocenters. The number of carbonyl (C=O) groups is 2. The van der Waals surface area contributed by atoms with Gasteiger partial charge in [-0.25, -0.2) is 9.59 Å². The molecule has 118 valence electrons. The fourth-order valence-electron chi connectivity index (χ4n) is 1.82. The summed E-state index contributed by atoms with van der Waals surface area (Å²) in [5.41, 5.74) is 0. The molecule has 0 aromatic carbocycles. The monoisotopic (exact) mass is 330 g/mol. The Morgan fingerprint density at radius 3 is 2.71 bits per heavy atom. The number of amides is 2. The zero-order valence-electron chi connectivity index (χ0n) is 12.1. The molecule has 2 amide bonds. The highest BCUT2D eigenvalue weighted by molar-refractivity contribution is 7.98. The maximum absolute atomic E-state index is 11.7. The van der Waals surface area contributed by atoms with Crippen molar-refractivity contribution in [2.24, 2.45) is 0 Å². The van der Waals surface area contributed by atoms with E-state index in [0.29, 0.717) is 11.4 Å². The normalized spacial score (nSPS) is 11.9. The Bertz CT molecular complexity index is 424.